The molecule has 0 unspecified atom stereocenters. The highest BCUT2D eigenvalue weighted by Gasteiger charge is 2.54. The molecule has 0 N–H and O–H groups in total. The second-order valence-corrected chi connectivity index (χ2v) is 7.42. The zero-order chi connectivity index (χ0) is 11.9. The minimum atomic E-state index is -2.52. The molecule has 0 saturated heterocycles. The van der Waals surface area contributed by atoms with E-state index in [1.807, 2.05) is 20.8 Å². The van der Waals surface area contributed by atoms with Gasteiger partial charge in [0.2, 0.25) is 0 Å². The van der Waals surface area contributed by atoms with Gasteiger partial charge in [0.1, 0.15) is 0 Å². The molecular formula is C11H26O3Si. The lowest BCUT2D eigenvalue weighted by Crippen LogP contribution is -2.54. The molecule has 0 aliphatic rings. The molecule has 0 atom stereocenters. The van der Waals surface area contributed by atoms with Crippen LogP contribution in [-0.4, -0.2) is 28.6 Å². The fraction of sp³-hybridized carbons (Fsp3) is 1.00. The van der Waals surface area contributed by atoms with E-state index < -0.39 is 8.80 Å². The highest BCUT2D eigenvalue weighted by molar-refractivity contribution is 6.64. The van der Waals surface area contributed by atoms with Gasteiger partial charge in [-0.25, -0.2) is 0 Å². The fourth-order valence-electron chi connectivity index (χ4n) is 1.50. The molecule has 0 aromatic heterocycles. The molecule has 92 valence electrons. The van der Waals surface area contributed by atoms with E-state index in [-0.39, 0.29) is 5.04 Å². The molecule has 0 saturated carbocycles. The van der Waals surface area contributed by atoms with E-state index >= 15 is 0 Å². The third-order valence-corrected chi connectivity index (χ3v) is 6.73. The SMILES string of the molecule is CCO[Si](OCC)(OCC)C(C)(C)CC. The van der Waals surface area contributed by atoms with Crippen LogP contribution in [0.4, 0.5) is 0 Å². The summed E-state index contributed by atoms with van der Waals surface area (Å²) >= 11 is 0. The van der Waals surface area contributed by atoms with Crippen LogP contribution in [0.3, 0.4) is 0 Å². The third kappa shape index (κ3) is 3.55. The van der Waals surface area contributed by atoms with Crippen molar-refractivity contribution < 1.29 is 13.3 Å². The molecule has 3 nitrogen and oxygen atoms in total. The van der Waals surface area contributed by atoms with Gasteiger partial charge in [0.15, 0.2) is 0 Å². The van der Waals surface area contributed by atoms with Crippen molar-refractivity contribution in [3.8, 4) is 0 Å². The van der Waals surface area contributed by atoms with E-state index in [0.29, 0.717) is 19.8 Å². The summed E-state index contributed by atoms with van der Waals surface area (Å²) in [6, 6.07) is 0. The van der Waals surface area contributed by atoms with Gasteiger partial charge in [-0.1, -0.05) is 20.8 Å². The van der Waals surface area contributed by atoms with E-state index in [9.17, 15) is 0 Å². The molecule has 0 bridgehead atoms. The zero-order valence-electron chi connectivity index (χ0n) is 11.1. The first-order valence-corrected chi connectivity index (χ1v) is 7.64. The molecule has 15 heavy (non-hydrogen) atoms. The summed E-state index contributed by atoms with van der Waals surface area (Å²) in [4.78, 5) is 0. The first-order chi connectivity index (χ1) is 6.99. The normalized spacial score (nSPS) is 13.2. The minimum absolute atomic E-state index is 0.0188. The smallest absolute Gasteiger partial charge is 0.373 e. The Balaban J connectivity index is 4.90. The second-order valence-electron chi connectivity index (χ2n) is 4.09. The average Bonchev–Trinajstić information content (AvgIpc) is 2.18. The predicted octanol–water partition coefficient (Wildman–Crippen LogP) is 3.23. The summed E-state index contributed by atoms with van der Waals surface area (Å²) in [5, 5.41) is -0.0188. The van der Waals surface area contributed by atoms with E-state index in [2.05, 4.69) is 20.8 Å². The quantitative estimate of drug-likeness (QED) is 0.604. The van der Waals surface area contributed by atoms with Crippen LogP contribution in [0.5, 0.6) is 0 Å². The van der Waals surface area contributed by atoms with Crippen LogP contribution in [0.1, 0.15) is 48.0 Å². The summed E-state index contributed by atoms with van der Waals surface area (Å²) in [5.41, 5.74) is 0. The molecule has 0 rings (SSSR count). The molecule has 4 heteroatoms. The lowest BCUT2D eigenvalue weighted by Gasteiger charge is -2.40. The van der Waals surface area contributed by atoms with Gasteiger partial charge in [-0.15, -0.1) is 0 Å². The van der Waals surface area contributed by atoms with Crippen LogP contribution in [0.2, 0.25) is 5.04 Å². The molecule has 0 amide bonds. The maximum absolute atomic E-state index is 5.86. The molecule has 0 aliphatic heterocycles. The first kappa shape index (κ1) is 15.1. The van der Waals surface area contributed by atoms with Gasteiger partial charge in [0, 0.05) is 24.9 Å². The van der Waals surface area contributed by atoms with Crippen LogP contribution in [0, 0.1) is 0 Å². The Kier molecular flexibility index (Phi) is 6.67. The Morgan fingerprint density at radius 2 is 1.13 bits per heavy atom. The highest BCUT2D eigenvalue weighted by atomic mass is 28.4. The largest absolute Gasteiger partial charge is 0.506 e. The summed E-state index contributed by atoms with van der Waals surface area (Å²) in [6.07, 6.45) is 0.999. The summed E-state index contributed by atoms with van der Waals surface area (Å²) < 4.78 is 17.6. The van der Waals surface area contributed by atoms with Gasteiger partial charge in [0.25, 0.3) is 0 Å². The molecule has 0 spiro atoms. The zero-order valence-corrected chi connectivity index (χ0v) is 12.1. The van der Waals surface area contributed by atoms with Crippen molar-refractivity contribution in [2.75, 3.05) is 19.8 Å². The Labute approximate surface area is 95.5 Å². The third-order valence-electron chi connectivity index (χ3n) is 2.72. The van der Waals surface area contributed by atoms with Crippen LogP contribution in [-0.2, 0) is 13.3 Å². The van der Waals surface area contributed by atoms with Gasteiger partial charge < -0.3 is 13.3 Å². The van der Waals surface area contributed by atoms with E-state index in [1.165, 1.54) is 0 Å². The molecule has 0 aromatic rings. The average molecular weight is 234 g/mol. The number of rotatable bonds is 8. The topological polar surface area (TPSA) is 27.7 Å². The Morgan fingerprint density at radius 1 is 0.800 bits per heavy atom. The van der Waals surface area contributed by atoms with Gasteiger partial charge in [-0.3, -0.25) is 0 Å². The van der Waals surface area contributed by atoms with Crippen LogP contribution in [0.15, 0.2) is 0 Å². The lowest BCUT2D eigenvalue weighted by molar-refractivity contribution is 0.0473. The maximum atomic E-state index is 5.86. The Bertz CT molecular complexity index is 154. The van der Waals surface area contributed by atoms with Crippen LogP contribution in [0.25, 0.3) is 0 Å². The summed E-state index contributed by atoms with van der Waals surface area (Å²) in [5.74, 6) is 0. The maximum Gasteiger partial charge on any atom is 0.506 e. The fourth-order valence-corrected chi connectivity index (χ4v) is 4.49. The Morgan fingerprint density at radius 3 is 1.33 bits per heavy atom. The van der Waals surface area contributed by atoms with E-state index in [4.69, 9.17) is 13.3 Å². The molecule has 0 aromatic carbocycles. The van der Waals surface area contributed by atoms with Crippen molar-refractivity contribution >= 4 is 8.80 Å². The first-order valence-electron chi connectivity index (χ1n) is 5.91. The van der Waals surface area contributed by atoms with Crippen molar-refractivity contribution in [3.63, 3.8) is 0 Å². The monoisotopic (exact) mass is 234 g/mol. The summed E-state index contributed by atoms with van der Waals surface area (Å²) in [6.45, 7) is 14.4. The highest BCUT2D eigenvalue weighted by Crippen LogP contribution is 2.42. The molecule has 0 heterocycles. The van der Waals surface area contributed by atoms with Gasteiger partial charge in [-0.05, 0) is 27.2 Å². The van der Waals surface area contributed by atoms with Crippen molar-refractivity contribution in [2.45, 2.75) is 53.0 Å². The van der Waals surface area contributed by atoms with Gasteiger partial charge in [0.05, 0.1) is 0 Å². The van der Waals surface area contributed by atoms with Crippen molar-refractivity contribution in [3.05, 3.63) is 0 Å². The van der Waals surface area contributed by atoms with Gasteiger partial charge in [-0.2, -0.15) is 0 Å². The molecule has 0 fully saturated rings. The summed E-state index contributed by atoms with van der Waals surface area (Å²) in [7, 11) is -2.52. The van der Waals surface area contributed by atoms with E-state index in [0.717, 1.165) is 6.42 Å². The number of hydrogen-bond donors (Lipinski definition) is 0. The van der Waals surface area contributed by atoms with Crippen molar-refractivity contribution in [1.82, 2.24) is 0 Å². The Hall–Kier alpha value is 0.0969. The second kappa shape index (κ2) is 6.63. The van der Waals surface area contributed by atoms with E-state index in [1.54, 1.807) is 0 Å². The van der Waals surface area contributed by atoms with Crippen LogP contribution >= 0.6 is 0 Å². The minimum Gasteiger partial charge on any atom is -0.373 e. The molecule has 0 radical (unpaired) electrons. The lowest BCUT2D eigenvalue weighted by atomic mass is 10.1. The molecule has 0 aliphatic carbocycles. The number of hydrogen-bond acceptors (Lipinski definition) is 3. The van der Waals surface area contributed by atoms with Crippen molar-refractivity contribution in [1.29, 1.82) is 0 Å². The predicted molar refractivity (Wildman–Crippen MR) is 65.0 cm³/mol. The molecular weight excluding hydrogens is 208 g/mol. The van der Waals surface area contributed by atoms with Gasteiger partial charge >= 0.3 is 8.80 Å². The van der Waals surface area contributed by atoms with Crippen molar-refractivity contribution in [2.24, 2.45) is 0 Å². The standard InChI is InChI=1S/C11H26O3Si/c1-7-11(5,6)15(12-8-2,13-9-3)14-10-4/h7-10H2,1-6H3. The van der Waals surface area contributed by atoms with Crippen LogP contribution < -0.4 is 0 Å².